The molecule has 1 rings (SSSR count). The average molecular weight is 115 g/mol. The largest absolute Gasteiger partial charge is 0.323 e. The van der Waals surface area contributed by atoms with Crippen molar-refractivity contribution in [2.24, 2.45) is 17.2 Å². The van der Waals surface area contributed by atoms with E-state index in [1.807, 2.05) is 6.92 Å². The molecule has 1 atom stereocenters. The van der Waals surface area contributed by atoms with Crippen LogP contribution in [0.25, 0.3) is 0 Å². The minimum atomic E-state index is -0.604. The molecule has 48 valence electrons. The molecule has 3 nitrogen and oxygen atoms in total. The van der Waals surface area contributed by atoms with Gasteiger partial charge in [-0.25, -0.2) is 0 Å². The van der Waals surface area contributed by atoms with E-state index in [0.29, 0.717) is 0 Å². The Morgan fingerprint density at radius 1 is 1.12 bits per heavy atom. The van der Waals surface area contributed by atoms with Gasteiger partial charge < -0.3 is 17.2 Å². The van der Waals surface area contributed by atoms with Gasteiger partial charge in [-0.15, -0.1) is 0 Å². The summed E-state index contributed by atoms with van der Waals surface area (Å²) in [5, 5.41) is 0. The summed E-state index contributed by atoms with van der Waals surface area (Å²) in [5.74, 6) is 0. The van der Waals surface area contributed by atoms with E-state index in [1.54, 1.807) is 0 Å². The van der Waals surface area contributed by atoms with Crippen molar-refractivity contribution in [1.29, 1.82) is 0 Å². The van der Waals surface area contributed by atoms with E-state index in [9.17, 15) is 0 Å². The summed E-state index contributed by atoms with van der Waals surface area (Å²) >= 11 is 0. The highest BCUT2D eigenvalue weighted by Crippen LogP contribution is 2.33. The zero-order valence-corrected chi connectivity index (χ0v) is 5.15. The van der Waals surface area contributed by atoms with Crippen molar-refractivity contribution in [2.45, 2.75) is 31.0 Å². The molecule has 1 aliphatic rings. The van der Waals surface area contributed by atoms with Crippen molar-refractivity contribution in [3.8, 4) is 0 Å². The predicted octanol–water partition coefficient (Wildman–Crippen LogP) is -0.889. The summed E-state index contributed by atoms with van der Waals surface area (Å²) in [5.41, 5.74) is 15.8. The van der Waals surface area contributed by atoms with E-state index in [4.69, 9.17) is 17.2 Å². The smallest absolute Gasteiger partial charge is 0.0819 e. The lowest BCUT2D eigenvalue weighted by Crippen LogP contribution is -2.76. The van der Waals surface area contributed by atoms with Crippen LogP contribution < -0.4 is 17.2 Å². The maximum Gasteiger partial charge on any atom is 0.0819 e. The number of nitrogens with two attached hydrogens (primary N) is 3. The fourth-order valence-corrected chi connectivity index (χ4v) is 0.808. The van der Waals surface area contributed by atoms with Crippen LogP contribution in [0.15, 0.2) is 0 Å². The van der Waals surface area contributed by atoms with Crippen molar-refractivity contribution in [2.75, 3.05) is 0 Å². The molecule has 0 aromatic rings. The van der Waals surface area contributed by atoms with Gasteiger partial charge >= 0.3 is 0 Å². The zero-order chi connectivity index (χ0) is 6.41. The third-order valence-corrected chi connectivity index (χ3v) is 2.12. The van der Waals surface area contributed by atoms with Crippen LogP contribution in [0, 0.1) is 0 Å². The van der Waals surface area contributed by atoms with Gasteiger partial charge in [0.05, 0.1) is 5.66 Å². The lowest BCUT2D eigenvalue weighted by Gasteiger charge is -2.50. The highest BCUT2D eigenvalue weighted by Gasteiger charge is 2.47. The monoisotopic (exact) mass is 115 g/mol. The molecule has 0 radical (unpaired) electrons. The van der Waals surface area contributed by atoms with E-state index in [1.165, 1.54) is 0 Å². The molecule has 0 saturated heterocycles. The topological polar surface area (TPSA) is 78.1 Å². The van der Waals surface area contributed by atoms with Gasteiger partial charge in [0, 0.05) is 5.54 Å². The first kappa shape index (κ1) is 6.01. The van der Waals surface area contributed by atoms with Gasteiger partial charge in [-0.1, -0.05) is 0 Å². The second-order valence-corrected chi connectivity index (χ2v) is 2.96. The van der Waals surface area contributed by atoms with Gasteiger partial charge in [0.15, 0.2) is 0 Å². The molecule has 0 aromatic carbocycles. The zero-order valence-electron chi connectivity index (χ0n) is 5.15. The van der Waals surface area contributed by atoms with Crippen molar-refractivity contribution >= 4 is 0 Å². The lowest BCUT2D eigenvalue weighted by atomic mass is 9.69. The Hall–Kier alpha value is -0.120. The summed E-state index contributed by atoms with van der Waals surface area (Å²) in [6, 6.07) is 0. The van der Waals surface area contributed by atoms with Gasteiger partial charge in [-0.05, 0) is 19.8 Å². The van der Waals surface area contributed by atoms with Gasteiger partial charge in [-0.3, -0.25) is 0 Å². The molecule has 0 spiro atoms. The summed E-state index contributed by atoms with van der Waals surface area (Å²) in [6.07, 6.45) is 1.79. The third-order valence-electron chi connectivity index (χ3n) is 2.12. The first-order chi connectivity index (χ1) is 3.46. The lowest BCUT2D eigenvalue weighted by molar-refractivity contribution is 0.110. The van der Waals surface area contributed by atoms with E-state index in [0.717, 1.165) is 12.8 Å². The Kier molecular flexibility index (Phi) is 0.927. The Balaban J connectivity index is 2.63. The van der Waals surface area contributed by atoms with Gasteiger partial charge in [-0.2, -0.15) is 0 Å². The van der Waals surface area contributed by atoms with Crippen LogP contribution in [0.3, 0.4) is 0 Å². The van der Waals surface area contributed by atoms with Crippen LogP contribution in [-0.2, 0) is 0 Å². The number of hydrogen-bond acceptors (Lipinski definition) is 3. The minimum absolute atomic E-state index is 0.326. The first-order valence-corrected chi connectivity index (χ1v) is 2.82. The number of rotatable bonds is 0. The normalized spacial score (nSPS) is 43.5. The molecule has 0 heterocycles. The molecule has 6 N–H and O–H groups in total. The molecular weight excluding hydrogens is 102 g/mol. The highest BCUT2D eigenvalue weighted by molar-refractivity contribution is 5.09. The SMILES string of the molecule is CC1(N)CCC1(N)N. The summed E-state index contributed by atoms with van der Waals surface area (Å²) in [6.45, 7) is 1.89. The molecule has 1 saturated carbocycles. The first-order valence-electron chi connectivity index (χ1n) is 2.82. The van der Waals surface area contributed by atoms with Crippen LogP contribution in [-0.4, -0.2) is 11.2 Å². The van der Waals surface area contributed by atoms with Crippen LogP contribution in [0.4, 0.5) is 0 Å². The molecular formula is C5H13N3. The Labute approximate surface area is 49.2 Å². The standard InChI is InChI=1S/C5H13N3/c1-4(6)2-3-5(4,7)8/h2-3,6-8H2,1H3. The third kappa shape index (κ3) is 0.555. The van der Waals surface area contributed by atoms with Crippen LogP contribution >= 0.6 is 0 Å². The molecule has 0 amide bonds. The fraction of sp³-hybridized carbons (Fsp3) is 1.00. The molecule has 0 bridgehead atoms. The molecule has 0 aliphatic heterocycles. The molecule has 0 aromatic heterocycles. The minimum Gasteiger partial charge on any atom is -0.323 e. The van der Waals surface area contributed by atoms with E-state index >= 15 is 0 Å². The van der Waals surface area contributed by atoms with Crippen LogP contribution in [0.5, 0.6) is 0 Å². The Morgan fingerprint density at radius 3 is 1.50 bits per heavy atom. The van der Waals surface area contributed by atoms with Crippen molar-refractivity contribution < 1.29 is 0 Å². The molecule has 1 aliphatic carbocycles. The van der Waals surface area contributed by atoms with Crippen molar-refractivity contribution in [3.05, 3.63) is 0 Å². The molecule has 8 heavy (non-hydrogen) atoms. The van der Waals surface area contributed by atoms with Gasteiger partial charge in [0.1, 0.15) is 0 Å². The summed E-state index contributed by atoms with van der Waals surface area (Å²) < 4.78 is 0. The maximum absolute atomic E-state index is 5.65. The quantitative estimate of drug-likeness (QED) is 0.358. The van der Waals surface area contributed by atoms with E-state index in [2.05, 4.69) is 0 Å². The van der Waals surface area contributed by atoms with E-state index < -0.39 is 5.66 Å². The Bertz CT molecular complexity index is 92.2. The molecule has 3 heteroatoms. The summed E-state index contributed by atoms with van der Waals surface area (Å²) in [4.78, 5) is 0. The second kappa shape index (κ2) is 1.23. The van der Waals surface area contributed by atoms with Crippen LogP contribution in [0.2, 0.25) is 0 Å². The van der Waals surface area contributed by atoms with Crippen molar-refractivity contribution in [1.82, 2.24) is 0 Å². The van der Waals surface area contributed by atoms with Gasteiger partial charge in [0.2, 0.25) is 0 Å². The van der Waals surface area contributed by atoms with Crippen LogP contribution in [0.1, 0.15) is 19.8 Å². The van der Waals surface area contributed by atoms with Gasteiger partial charge in [0.25, 0.3) is 0 Å². The fourth-order valence-electron chi connectivity index (χ4n) is 0.808. The number of hydrogen-bond donors (Lipinski definition) is 3. The second-order valence-electron chi connectivity index (χ2n) is 2.96. The molecule has 1 unspecified atom stereocenters. The van der Waals surface area contributed by atoms with Crippen molar-refractivity contribution in [3.63, 3.8) is 0 Å². The van der Waals surface area contributed by atoms with E-state index in [-0.39, 0.29) is 5.54 Å². The molecule has 1 fully saturated rings. The average Bonchev–Trinajstić information content (AvgIpc) is 1.64. The summed E-state index contributed by atoms with van der Waals surface area (Å²) in [7, 11) is 0. The maximum atomic E-state index is 5.65. The predicted molar refractivity (Wildman–Crippen MR) is 32.9 cm³/mol. The highest BCUT2D eigenvalue weighted by atomic mass is 15.1. The Morgan fingerprint density at radius 2 is 1.50 bits per heavy atom.